The molecule has 0 aromatic heterocycles. The van der Waals surface area contributed by atoms with E-state index in [-0.39, 0.29) is 17.6 Å². The van der Waals surface area contributed by atoms with Crippen molar-refractivity contribution < 1.29 is 9.66 Å². The Hall–Kier alpha value is -0.900. The van der Waals surface area contributed by atoms with Crippen LogP contribution < -0.4 is 0 Å². The van der Waals surface area contributed by atoms with E-state index in [4.69, 9.17) is 4.74 Å². The molecule has 1 unspecified atom stereocenters. The van der Waals surface area contributed by atoms with E-state index in [1.807, 2.05) is 19.1 Å². The van der Waals surface area contributed by atoms with E-state index in [2.05, 4.69) is 6.92 Å². The second kappa shape index (κ2) is 10.6. The number of allylic oxidation sites excluding steroid dienone is 1. The molecule has 0 aliphatic carbocycles. The van der Waals surface area contributed by atoms with E-state index in [1.54, 1.807) is 0 Å². The van der Waals surface area contributed by atoms with Crippen LogP contribution >= 0.6 is 0 Å². The summed E-state index contributed by atoms with van der Waals surface area (Å²) in [5, 5.41) is 10.4. The van der Waals surface area contributed by atoms with E-state index in [1.165, 1.54) is 19.3 Å². The number of ether oxygens (including phenoxy) is 1. The SMILES string of the molecule is CCCCCCC=CC(C[N+](=O)[O-])OCC. The van der Waals surface area contributed by atoms with Crippen molar-refractivity contribution in [2.75, 3.05) is 13.2 Å². The molecule has 4 nitrogen and oxygen atoms in total. The highest BCUT2D eigenvalue weighted by Gasteiger charge is 2.10. The molecule has 0 saturated heterocycles. The van der Waals surface area contributed by atoms with Crippen LogP contribution in [0.1, 0.15) is 46.0 Å². The summed E-state index contributed by atoms with van der Waals surface area (Å²) in [7, 11) is 0. The largest absolute Gasteiger partial charge is 0.368 e. The smallest absolute Gasteiger partial charge is 0.233 e. The van der Waals surface area contributed by atoms with Crippen LogP contribution in [0.3, 0.4) is 0 Å². The molecule has 0 rings (SSSR count). The van der Waals surface area contributed by atoms with Crippen molar-refractivity contribution in [2.24, 2.45) is 0 Å². The van der Waals surface area contributed by atoms with E-state index in [0.29, 0.717) is 6.61 Å². The Balaban J connectivity index is 3.71. The third-order valence-electron chi connectivity index (χ3n) is 2.28. The highest BCUT2D eigenvalue weighted by molar-refractivity contribution is 4.89. The fourth-order valence-corrected chi connectivity index (χ4v) is 1.47. The quantitative estimate of drug-likeness (QED) is 0.250. The molecule has 4 heteroatoms. The minimum absolute atomic E-state index is 0.140. The molecule has 16 heavy (non-hydrogen) atoms. The Morgan fingerprint density at radius 2 is 2.06 bits per heavy atom. The van der Waals surface area contributed by atoms with Crippen LogP contribution in [0.15, 0.2) is 12.2 Å². The van der Waals surface area contributed by atoms with Gasteiger partial charge < -0.3 is 4.74 Å². The molecule has 0 heterocycles. The lowest BCUT2D eigenvalue weighted by Crippen LogP contribution is -2.21. The molecular formula is C12H23NO3. The number of hydrogen-bond acceptors (Lipinski definition) is 3. The second-order valence-corrected chi connectivity index (χ2v) is 3.79. The minimum Gasteiger partial charge on any atom is -0.368 e. The van der Waals surface area contributed by atoms with E-state index >= 15 is 0 Å². The average molecular weight is 229 g/mol. The van der Waals surface area contributed by atoms with Crippen LogP contribution in [-0.4, -0.2) is 24.2 Å². The van der Waals surface area contributed by atoms with Crippen LogP contribution in [-0.2, 0) is 4.74 Å². The monoisotopic (exact) mass is 229 g/mol. The Kier molecular flexibility index (Phi) is 10.0. The summed E-state index contributed by atoms with van der Waals surface area (Å²) < 4.78 is 5.25. The zero-order chi connectivity index (χ0) is 12.2. The van der Waals surface area contributed by atoms with Gasteiger partial charge in [0.1, 0.15) is 6.10 Å². The maximum atomic E-state index is 10.4. The van der Waals surface area contributed by atoms with Crippen molar-refractivity contribution in [3.8, 4) is 0 Å². The molecule has 0 aromatic carbocycles. The Morgan fingerprint density at radius 1 is 1.31 bits per heavy atom. The number of unbranched alkanes of at least 4 members (excludes halogenated alkanes) is 4. The van der Waals surface area contributed by atoms with Gasteiger partial charge in [0.05, 0.1) is 0 Å². The van der Waals surface area contributed by atoms with Gasteiger partial charge in [0, 0.05) is 11.5 Å². The zero-order valence-corrected chi connectivity index (χ0v) is 10.4. The third-order valence-corrected chi connectivity index (χ3v) is 2.28. The van der Waals surface area contributed by atoms with E-state index in [0.717, 1.165) is 12.8 Å². The number of nitrogens with zero attached hydrogens (tertiary/aromatic N) is 1. The topological polar surface area (TPSA) is 52.4 Å². The van der Waals surface area contributed by atoms with Gasteiger partial charge in [0.2, 0.25) is 6.54 Å². The molecule has 0 saturated carbocycles. The van der Waals surface area contributed by atoms with Gasteiger partial charge in [-0.15, -0.1) is 0 Å². The minimum atomic E-state index is -0.369. The summed E-state index contributed by atoms with van der Waals surface area (Å²) in [6.45, 7) is 4.40. The number of nitro groups is 1. The van der Waals surface area contributed by atoms with Crippen molar-refractivity contribution in [3.63, 3.8) is 0 Å². The van der Waals surface area contributed by atoms with Gasteiger partial charge in [-0.3, -0.25) is 10.1 Å². The lowest BCUT2D eigenvalue weighted by Gasteiger charge is -2.07. The molecule has 1 atom stereocenters. The van der Waals surface area contributed by atoms with Gasteiger partial charge in [-0.1, -0.05) is 38.3 Å². The van der Waals surface area contributed by atoms with E-state index < -0.39 is 0 Å². The van der Waals surface area contributed by atoms with Crippen molar-refractivity contribution in [3.05, 3.63) is 22.3 Å². The van der Waals surface area contributed by atoms with Crippen LogP contribution in [0.2, 0.25) is 0 Å². The summed E-state index contributed by atoms with van der Waals surface area (Å²) in [5.41, 5.74) is 0. The predicted octanol–water partition coefficient (Wildman–Crippen LogP) is 3.19. The second-order valence-electron chi connectivity index (χ2n) is 3.79. The fraction of sp³-hybridized carbons (Fsp3) is 0.833. The molecule has 94 valence electrons. The molecule has 0 spiro atoms. The van der Waals surface area contributed by atoms with Crippen molar-refractivity contribution in [2.45, 2.75) is 52.1 Å². The summed E-state index contributed by atoms with van der Waals surface area (Å²) >= 11 is 0. The summed E-state index contributed by atoms with van der Waals surface area (Å²) in [6.07, 6.45) is 9.31. The lowest BCUT2D eigenvalue weighted by atomic mass is 10.1. The van der Waals surface area contributed by atoms with Gasteiger partial charge in [0.25, 0.3) is 0 Å². The zero-order valence-electron chi connectivity index (χ0n) is 10.4. The Labute approximate surface area is 97.8 Å². The number of rotatable bonds is 10. The molecule has 0 fully saturated rings. The molecule has 0 amide bonds. The lowest BCUT2D eigenvalue weighted by molar-refractivity contribution is -0.488. The van der Waals surface area contributed by atoms with Crippen LogP contribution in [0, 0.1) is 10.1 Å². The molecule has 0 radical (unpaired) electrons. The normalized spacial score (nSPS) is 13.1. The summed E-state index contributed by atoms with van der Waals surface area (Å²) in [4.78, 5) is 10.0. The van der Waals surface area contributed by atoms with Gasteiger partial charge in [-0.05, 0) is 19.8 Å². The highest BCUT2D eigenvalue weighted by Crippen LogP contribution is 2.04. The molecule has 0 aliphatic heterocycles. The first kappa shape index (κ1) is 15.1. The average Bonchev–Trinajstić information content (AvgIpc) is 2.22. The predicted molar refractivity (Wildman–Crippen MR) is 65.2 cm³/mol. The van der Waals surface area contributed by atoms with Crippen LogP contribution in [0.25, 0.3) is 0 Å². The van der Waals surface area contributed by atoms with Gasteiger partial charge >= 0.3 is 0 Å². The molecular weight excluding hydrogens is 206 g/mol. The first-order valence-electron chi connectivity index (χ1n) is 6.10. The fourth-order valence-electron chi connectivity index (χ4n) is 1.47. The number of hydrogen-bond donors (Lipinski definition) is 0. The standard InChI is InChI=1S/C12H23NO3/c1-3-5-6-7-8-9-10-12(16-4-2)11-13(14)15/h9-10,12H,3-8,11H2,1-2H3. The van der Waals surface area contributed by atoms with Crippen LogP contribution in [0.4, 0.5) is 0 Å². The van der Waals surface area contributed by atoms with Crippen molar-refractivity contribution in [1.29, 1.82) is 0 Å². The van der Waals surface area contributed by atoms with Gasteiger partial charge in [-0.2, -0.15) is 0 Å². The Morgan fingerprint density at radius 3 is 2.62 bits per heavy atom. The van der Waals surface area contributed by atoms with Gasteiger partial charge in [-0.25, -0.2) is 0 Å². The Bertz CT molecular complexity index is 204. The molecule has 0 bridgehead atoms. The van der Waals surface area contributed by atoms with Crippen molar-refractivity contribution in [1.82, 2.24) is 0 Å². The third kappa shape index (κ3) is 9.65. The van der Waals surface area contributed by atoms with Gasteiger partial charge in [0.15, 0.2) is 0 Å². The maximum Gasteiger partial charge on any atom is 0.233 e. The first-order valence-corrected chi connectivity index (χ1v) is 6.10. The molecule has 0 aliphatic rings. The molecule has 0 N–H and O–H groups in total. The summed E-state index contributed by atoms with van der Waals surface area (Å²) in [6, 6.07) is 0. The van der Waals surface area contributed by atoms with Crippen molar-refractivity contribution >= 4 is 0 Å². The van der Waals surface area contributed by atoms with Crippen LogP contribution in [0.5, 0.6) is 0 Å². The van der Waals surface area contributed by atoms with E-state index in [9.17, 15) is 10.1 Å². The maximum absolute atomic E-state index is 10.4. The first-order chi connectivity index (χ1) is 7.70. The molecule has 0 aromatic rings. The highest BCUT2D eigenvalue weighted by atomic mass is 16.6. The summed E-state index contributed by atoms with van der Waals surface area (Å²) in [5.74, 6) is 0.